The van der Waals surface area contributed by atoms with Crippen LogP contribution in [0.1, 0.15) is 32.4 Å². The van der Waals surface area contributed by atoms with E-state index in [1.807, 2.05) is 44.2 Å². The third-order valence-electron chi connectivity index (χ3n) is 3.74. The molecule has 0 aliphatic carbocycles. The molecule has 18 heavy (non-hydrogen) atoms. The Balaban J connectivity index is 2.54. The average Bonchev–Trinajstić information content (AvgIpc) is 2.52. The monoisotopic (exact) mass is 247 g/mol. The third kappa shape index (κ3) is 1.64. The van der Waals surface area contributed by atoms with Crippen LogP contribution >= 0.6 is 0 Å². The van der Waals surface area contributed by atoms with Gasteiger partial charge in [-0.1, -0.05) is 36.9 Å². The molecule has 1 aromatic carbocycles. The minimum atomic E-state index is -1.29. The maximum Gasteiger partial charge on any atom is 0.272 e. The molecule has 0 unspecified atom stereocenters. The van der Waals surface area contributed by atoms with Crippen LogP contribution in [0.15, 0.2) is 42.5 Å². The largest absolute Gasteiger partial charge is 0.355 e. The Morgan fingerprint density at radius 2 is 1.83 bits per heavy atom. The van der Waals surface area contributed by atoms with Crippen LogP contribution in [0.25, 0.3) is 0 Å². The molecule has 1 aromatic rings. The standard InChI is InChI=1S/C14H17NO3/c1-10-13(2,3)18-12(14(10,4)15(16)17)11-8-6-5-7-9-11/h5-9,12H,1H2,2-4H3/t12-,14+/m1/s1. The Morgan fingerprint density at radius 3 is 2.33 bits per heavy atom. The molecule has 1 saturated heterocycles. The summed E-state index contributed by atoms with van der Waals surface area (Å²) in [4.78, 5) is 11.2. The first kappa shape index (κ1) is 12.8. The van der Waals surface area contributed by atoms with E-state index in [-0.39, 0.29) is 4.92 Å². The van der Waals surface area contributed by atoms with Crippen LogP contribution in [-0.4, -0.2) is 16.1 Å². The van der Waals surface area contributed by atoms with Gasteiger partial charge in [-0.15, -0.1) is 0 Å². The maximum absolute atomic E-state index is 11.5. The molecule has 2 rings (SSSR count). The van der Waals surface area contributed by atoms with Crippen molar-refractivity contribution >= 4 is 0 Å². The fourth-order valence-electron chi connectivity index (χ4n) is 2.47. The summed E-state index contributed by atoms with van der Waals surface area (Å²) in [5.74, 6) is 0. The van der Waals surface area contributed by atoms with Gasteiger partial charge in [0.15, 0.2) is 6.10 Å². The fraction of sp³-hybridized carbons (Fsp3) is 0.429. The molecule has 4 nitrogen and oxygen atoms in total. The SMILES string of the molecule is C=C1C(C)(C)O[C@H](c2ccccc2)[C@@]1(C)[N+](=O)[O-]. The first-order chi connectivity index (χ1) is 8.30. The van der Waals surface area contributed by atoms with E-state index in [4.69, 9.17) is 4.74 Å². The van der Waals surface area contributed by atoms with Crippen LogP contribution in [-0.2, 0) is 4.74 Å². The van der Waals surface area contributed by atoms with E-state index >= 15 is 0 Å². The van der Waals surface area contributed by atoms with Crippen molar-refractivity contribution in [1.82, 2.24) is 0 Å². The molecule has 1 aliphatic heterocycles. The number of hydrogen-bond acceptors (Lipinski definition) is 3. The Kier molecular flexibility index (Phi) is 2.78. The lowest BCUT2D eigenvalue weighted by Gasteiger charge is -2.22. The lowest BCUT2D eigenvalue weighted by atomic mass is 9.81. The molecular formula is C14H17NO3. The number of nitro groups is 1. The van der Waals surface area contributed by atoms with Crippen molar-refractivity contribution in [3.63, 3.8) is 0 Å². The zero-order valence-corrected chi connectivity index (χ0v) is 10.8. The highest BCUT2D eigenvalue weighted by Gasteiger charge is 2.61. The molecule has 0 bridgehead atoms. The first-order valence-corrected chi connectivity index (χ1v) is 5.87. The number of rotatable bonds is 2. The molecule has 1 fully saturated rings. The molecule has 0 saturated carbocycles. The summed E-state index contributed by atoms with van der Waals surface area (Å²) in [6, 6.07) is 9.28. The van der Waals surface area contributed by atoms with E-state index in [2.05, 4.69) is 6.58 Å². The zero-order chi connectivity index (χ0) is 13.6. The summed E-state index contributed by atoms with van der Waals surface area (Å²) >= 11 is 0. The smallest absolute Gasteiger partial charge is 0.272 e. The quantitative estimate of drug-likeness (QED) is 0.458. The molecular weight excluding hydrogens is 230 g/mol. The normalized spacial score (nSPS) is 30.4. The van der Waals surface area contributed by atoms with Gasteiger partial charge < -0.3 is 4.74 Å². The second kappa shape index (κ2) is 3.92. The average molecular weight is 247 g/mol. The van der Waals surface area contributed by atoms with Gasteiger partial charge in [0.1, 0.15) is 0 Å². The predicted octanol–water partition coefficient (Wildman–Crippen LogP) is 3.13. The molecule has 0 aromatic heterocycles. The summed E-state index contributed by atoms with van der Waals surface area (Å²) in [6.07, 6.45) is -0.601. The van der Waals surface area contributed by atoms with Gasteiger partial charge in [-0.05, 0) is 19.4 Å². The highest BCUT2D eigenvalue weighted by Crippen LogP contribution is 2.50. The van der Waals surface area contributed by atoms with Crippen molar-refractivity contribution in [2.75, 3.05) is 0 Å². The molecule has 0 amide bonds. The molecule has 1 aliphatic rings. The van der Waals surface area contributed by atoms with Gasteiger partial charge in [0.05, 0.1) is 5.60 Å². The van der Waals surface area contributed by atoms with Crippen LogP contribution in [0, 0.1) is 10.1 Å². The highest BCUT2D eigenvalue weighted by atomic mass is 16.6. The van der Waals surface area contributed by atoms with Gasteiger partial charge in [-0.25, -0.2) is 0 Å². The minimum absolute atomic E-state index is 0.290. The summed E-state index contributed by atoms with van der Waals surface area (Å²) in [5.41, 5.74) is -0.662. The number of ether oxygens (including phenoxy) is 1. The van der Waals surface area contributed by atoms with Crippen LogP contribution in [0.4, 0.5) is 0 Å². The second-order valence-corrected chi connectivity index (χ2v) is 5.30. The van der Waals surface area contributed by atoms with Gasteiger partial charge in [0.25, 0.3) is 5.54 Å². The van der Waals surface area contributed by atoms with Crippen molar-refractivity contribution in [2.24, 2.45) is 0 Å². The molecule has 96 valence electrons. The summed E-state index contributed by atoms with van der Waals surface area (Å²) in [7, 11) is 0. The van der Waals surface area contributed by atoms with Crippen molar-refractivity contribution in [3.05, 3.63) is 58.2 Å². The first-order valence-electron chi connectivity index (χ1n) is 5.87. The number of nitrogens with zero attached hydrogens (tertiary/aromatic N) is 1. The Morgan fingerprint density at radius 1 is 1.28 bits per heavy atom. The Labute approximate surface area is 106 Å². The van der Waals surface area contributed by atoms with Crippen molar-refractivity contribution < 1.29 is 9.66 Å². The van der Waals surface area contributed by atoms with Gasteiger partial charge in [0.2, 0.25) is 0 Å². The van der Waals surface area contributed by atoms with E-state index in [9.17, 15) is 10.1 Å². The second-order valence-electron chi connectivity index (χ2n) is 5.30. The van der Waals surface area contributed by atoms with Crippen LogP contribution in [0.5, 0.6) is 0 Å². The van der Waals surface area contributed by atoms with E-state index in [0.29, 0.717) is 5.57 Å². The molecule has 0 spiro atoms. The van der Waals surface area contributed by atoms with Crippen molar-refractivity contribution in [1.29, 1.82) is 0 Å². The van der Waals surface area contributed by atoms with Crippen molar-refractivity contribution in [3.8, 4) is 0 Å². The number of benzene rings is 1. The summed E-state index contributed by atoms with van der Waals surface area (Å²) < 4.78 is 5.88. The van der Waals surface area contributed by atoms with E-state index < -0.39 is 17.2 Å². The van der Waals surface area contributed by atoms with Crippen molar-refractivity contribution in [2.45, 2.75) is 38.0 Å². The van der Waals surface area contributed by atoms with E-state index in [1.165, 1.54) is 0 Å². The van der Waals surface area contributed by atoms with Gasteiger partial charge in [-0.2, -0.15) is 0 Å². The topological polar surface area (TPSA) is 52.4 Å². The highest BCUT2D eigenvalue weighted by molar-refractivity contribution is 5.34. The maximum atomic E-state index is 11.5. The van der Waals surface area contributed by atoms with Crippen LogP contribution in [0.2, 0.25) is 0 Å². The molecule has 0 radical (unpaired) electrons. The number of hydrogen-bond donors (Lipinski definition) is 0. The Hall–Kier alpha value is -1.68. The van der Waals surface area contributed by atoms with Gasteiger partial charge in [0, 0.05) is 17.4 Å². The lowest BCUT2D eigenvalue weighted by molar-refractivity contribution is -0.561. The lowest BCUT2D eigenvalue weighted by Crippen LogP contribution is -2.40. The fourth-order valence-corrected chi connectivity index (χ4v) is 2.47. The minimum Gasteiger partial charge on any atom is -0.355 e. The summed E-state index contributed by atoms with van der Waals surface area (Å²) in [5, 5.41) is 11.5. The van der Waals surface area contributed by atoms with Gasteiger partial charge >= 0.3 is 0 Å². The molecule has 1 heterocycles. The zero-order valence-electron chi connectivity index (χ0n) is 10.8. The van der Waals surface area contributed by atoms with E-state index in [0.717, 1.165) is 5.56 Å². The van der Waals surface area contributed by atoms with Gasteiger partial charge in [-0.3, -0.25) is 10.1 Å². The molecule has 4 heteroatoms. The predicted molar refractivity (Wildman–Crippen MR) is 68.9 cm³/mol. The summed E-state index contributed by atoms with van der Waals surface area (Å²) in [6.45, 7) is 9.11. The third-order valence-corrected chi connectivity index (χ3v) is 3.74. The Bertz CT molecular complexity index is 495. The molecule has 0 N–H and O–H groups in total. The van der Waals surface area contributed by atoms with Crippen LogP contribution < -0.4 is 0 Å². The molecule has 2 atom stereocenters. The van der Waals surface area contributed by atoms with E-state index in [1.54, 1.807) is 6.92 Å². The van der Waals surface area contributed by atoms with Crippen LogP contribution in [0.3, 0.4) is 0 Å².